The number of hydrogen-bond acceptors (Lipinski definition) is 4. The molecule has 0 spiro atoms. The molecule has 0 aliphatic carbocycles. The smallest absolute Gasteiger partial charge is 0.131 e. The number of nitrogens with one attached hydrogen (secondary N) is 1. The molecule has 0 fully saturated rings. The van der Waals surface area contributed by atoms with E-state index in [1.165, 1.54) is 12.1 Å². The summed E-state index contributed by atoms with van der Waals surface area (Å²) >= 11 is 1.62. The van der Waals surface area contributed by atoms with Crippen molar-refractivity contribution in [1.29, 1.82) is 0 Å². The quantitative estimate of drug-likeness (QED) is 0.790. The van der Waals surface area contributed by atoms with E-state index < -0.39 is 0 Å². The molecule has 102 valence electrons. The van der Waals surface area contributed by atoms with Gasteiger partial charge in [-0.1, -0.05) is 6.92 Å². The lowest BCUT2D eigenvalue weighted by Crippen LogP contribution is -2.13. The monoisotopic (exact) mass is 280 g/mol. The second-order valence-corrected chi connectivity index (χ2v) is 5.09. The van der Waals surface area contributed by atoms with E-state index in [4.69, 9.17) is 4.74 Å². The van der Waals surface area contributed by atoms with Crippen molar-refractivity contribution in [1.82, 2.24) is 10.3 Å². The van der Waals surface area contributed by atoms with Crippen LogP contribution in [0.5, 0.6) is 5.75 Å². The molecule has 0 radical (unpaired) electrons. The Bertz CT molecular complexity index is 498. The lowest BCUT2D eigenvalue weighted by molar-refractivity contribution is 0.301. The van der Waals surface area contributed by atoms with Gasteiger partial charge in [0.05, 0.1) is 5.69 Å². The summed E-state index contributed by atoms with van der Waals surface area (Å²) in [6.07, 6.45) is 1.12. The molecule has 0 bridgehead atoms. The van der Waals surface area contributed by atoms with Crippen LogP contribution in [0.2, 0.25) is 0 Å². The van der Waals surface area contributed by atoms with Crippen molar-refractivity contribution in [3.63, 3.8) is 0 Å². The van der Waals surface area contributed by atoms with Gasteiger partial charge in [0.15, 0.2) is 0 Å². The Kier molecular flexibility index (Phi) is 5.30. The fourth-order valence-corrected chi connectivity index (χ4v) is 2.30. The zero-order chi connectivity index (χ0) is 13.5. The number of nitrogens with zero attached hydrogens (tertiary/aromatic N) is 1. The van der Waals surface area contributed by atoms with E-state index in [0.29, 0.717) is 12.4 Å². The minimum absolute atomic E-state index is 0.259. The van der Waals surface area contributed by atoms with Gasteiger partial charge in [-0.25, -0.2) is 9.37 Å². The van der Waals surface area contributed by atoms with Gasteiger partial charge >= 0.3 is 0 Å². The van der Waals surface area contributed by atoms with Gasteiger partial charge in [-0.15, -0.1) is 11.3 Å². The summed E-state index contributed by atoms with van der Waals surface area (Å²) in [5.74, 6) is 0.394. The Balaban J connectivity index is 1.81. The first-order valence-corrected chi connectivity index (χ1v) is 7.18. The van der Waals surface area contributed by atoms with E-state index in [0.717, 1.165) is 30.2 Å². The number of ether oxygens (including phenoxy) is 1. The highest BCUT2D eigenvalue weighted by molar-refractivity contribution is 7.09. The topological polar surface area (TPSA) is 34.2 Å². The lowest BCUT2D eigenvalue weighted by Gasteiger charge is -2.03. The third-order valence-electron chi connectivity index (χ3n) is 2.50. The van der Waals surface area contributed by atoms with Gasteiger partial charge in [-0.05, 0) is 37.2 Å². The van der Waals surface area contributed by atoms with Crippen LogP contribution < -0.4 is 10.1 Å². The lowest BCUT2D eigenvalue weighted by atomic mass is 10.3. The van der Waals surface area contributed by atoms with E-state index in [-0.39, 0.29) is 5.82 Å². The molecular formula is C14H17FN2OS. The predicted molar refractivity (Wildman–Crippen MR) is 74.8 cm³/mol. The van der Waals surface area contributed by atoms with Crippen molar-refractivity contribution >= 4 is 11.3 Å². The summed E-state index contributed by atoms with van der Waals surface area (Å²) in [6, 6.07) is 6.00. The highest BCUT2D eigenvalue weighted by Crippen LogP contribution is 2.15. The van der Waals surface area contributed by atoms with E-state index >= 15 is 0 Å². The van der Waals surface area contributed by atoms with E-state index in [2.05, 4.69) is 17.2 Å². The minimum Gasteiger partial charge on any atom is -0.487 e. The summed E-state index contributed by atoms with van der Waals surface area (Å²) in [5, 5.41) is 6.36. The molecular weight excluding hydrogens is 263 g/mol. The van der Waals surface area contributed by atoms with E-state index in [9.17, 15) is 4.39 Å². The van der Waals surface area contributed by atoms with Gasteiger partial charge in [-0.3, -0.25) is 0 Å². The Labute approximate surface area is 116 Å². The molecule has 1 aromatic carbocycles. The summed E-state index contributed by atoms with van der Waals surface area (Å²) in [7, 11) is 0. The largest absolute Gasteiger partial charge is 0.487 e. The zero-order valence-electron chi connectivity index (χ0n) is 10.9. The van der Waals surface area contributed by atoms with Crippen molar-refractivity contribution in [3.8, 4) is 5.75 Å². The van der Waals surface area contributed by atoms with Gasteiger partial charge in [0.2, 0.25) is 0 Å². The molecule has 5 heteroatoms. The first kappa shape index (κ1) is 14.0. The van der Waals surface area contributed by atoms with Crippen molar-refractivity contribution in [2.75, 3.05) is 6.54 Å². The summed E-state index contributed by atoms with van der Waals surface area (Å²) < 4.78 is 18.3. The first-order chi connectivity index (χ1) is 9.28. The minimum atomic E-state index is -0.259. The van der Waals surface area contributed by atoms with Crippen LogP contribution in [-0.2, 0) is 13.2 Å². The molecule has 1 N–H and O–H groups in total. The second kappa shape index (κ2) is 7.21. The molecule has 3 nitrogen and oxygen atoms in total. The summed E-state index contributed by atoms with van der Waals surface area (Å²) in [4.78, 5) is 4.47. The van der Waals surface area contributed by atoms with Crippen molar-refractivity contribution in [2.24, 2.45) is 0 Å². The number of hydrogen-bond donors (Lipinski definition) is 1. The number of aromatic nitrogens is 1. The molecule has 0 saturated carbocycles. The summed E-state index contributed by atoms with van der Waals surface area (Å²) in [6.45, 7) is 4.35. The van der Waals surface area contributed by atoms with Crippen LogP contribution in [0.1, 0.15) is 24.0 Å². The number of halogens is 1. The van der Waals surface area contributed by atoms with Gasteiger partial charge in [0.25, 0.3) is 0 Å². The third-order valence-corrected chi connectivity index (χ3v) is 3.40. The van der Waals surface area contributed by atoms with Crippen molar-refractivity contribution in [3.05, 3.63) is 46.2 Å². The maximum absolute atomic E-state index is 12.7. The van der Waals surface area contributed by atoms with Gasteiger partial charge in [-0.2, -0.15) is 0 Å². The highest BCUT2D eigenvalue weighted by atomic mass is 32.1. The summed E-state index contributed by atoms with van der Waals surface area (Å²) in [5.41, 5.74) is 0.905. The molecule has 0 aliphatic rings. The standard InChI is InChI=1S/C14H17FN2OS/c1-2-7-16-8-14-17-12(10-19-14)9-18-13-5-3-11(15)4-6-13/h3-6,10,16H,2,7-9H2,1H3. The maximum atomic E-state index is 12.7. The number of rotatable bonds is 7. The average molecular weight is 280 g/mol. The second-order valence-electron chi connectivity index (χ2n) is 4.15. The van der Waals surface area contributed by atoms with E-state index in [1.807, 2.05) is 5.38 Å². The van der Waals surface area contributed by atoms with Crippen LogP contribution in [0.15, 0.2) is 29.6 Å². The van der Waals surface area contributed by atoms with Crippen LogP contribution in [0.4, 0.5) is 4.39 Å². The Morgan fingerprint density at radius 1 is 1.32 bits per heavy atom. The molecule has 2 rings (SSSR count). The molecule has 1 aromatic heterocycles. The van der Waals surface area contributed by atoms with E-state index in [1.54, 1.807) is 23.5 Å². The van der Waals surface area contributed by atoms with Gasteiger partial charge < -0.3 is 10.1 Å². The Hall–Kier alpha value is -1.46. The van der Waals surface area contributed by atoms with Gasteiger partial charge in [0.1, 0.15) is 23.2 Å². The maximum Gasteiger partial charge on any atom is 0.131 e. The number of benzene rings is 1. The molecule has 0 aliphatic heterocycles. The van der Waals surface area contributed by atoms with Crippen LogP contribution in [0.3, 0.4) is 0 Å². The SMILES string of the molecule is CCCNCc1nc(COc2ccc(F)cc2)cs1. The Morgan fingerprint density at radius 3 is 2.84 bits per heavy atom. The van der Waals surface area contributed by atoms with Gasteiger partial charge in [0, 0.05) is 11.9 Å². The molecule has 0 saturated heterocycles. The van der Waals surface area contributed by atoms with Crippen LogP contribution in [0, 0.1) is 5.82 Å². The van der Waals surface area contributed by atoms with Crippen molar-refractivity contribution < 1.29 is 9.13 Å². The number of thiazole rings is 1. The molecule has 0 amide bonds. The Morgan fingerprint density at radius 2 is 2.11 bits per heavy atom. The highest BCUT2D eigenvalue weighted by Gasteiger charge is 2.03. The zero-order valence-corrected chi connectivity index (χ0v) is 11.7. The molecule has 1 heterocycles. The first-order valence-electron chi connectivity index (χ1n) is 6.30. The average Bonchev–Trinajstić information content (AvgIpc) is 2.86. The normalized spacial score (nSPS) is 10.6. The molecule has 19 heavy (non-hydrogen) atoms. The predicted octanol–water partition coefficient (Wildman–Crippen LogP) is 3.36. The van der Waals surface area contributed by atoms with Crippen LogP contribution in [-0.4, -0.2) is 11.5 Å². The third kappa shape index (κ3) is 4.61. The fourth-order valence-electron chi connectivity index (χ4n) is 1.56. The molecule has 0 atom stereocenters. The molecule has 0 unspecified atom stereocenters. The van der Waals surface area contributed by atoms with Crippen LogP contribution >= 0.6 is 11.3 Å². The van der Waals surface area contributed by atoms with Crippen LogP contribution in [0.25, 0.3) is 0 Å². The molecule has 2 aromatic rings. The fraction of sp³-hybridized carbons (Fsp3) is 0.357. The van der Waals surface area contributed by atoms with Crippen molar-refractivity contribution in [2.45, 2.75) is 26.5 Å².